The highest BCUT2D eigenvalue weighted by atomic mass is 16.5. The molecule has 1 fully saturated rings. The molecular weight excluding hydrogens is 228 g/mol. The predicted molar refractivity (Wildman–Crippen MR) is 68.8 cm³/mol. The van der Waals surface area contributed by atoms with Gasteiger partial charge in [0.15, 0.2) is 6.54 Å². The number of likely N-dealkylation sites (tertiary alicyclic amines) is 1. The van der Waals surface area contributed by atoms with E-state index in [1.54, 1.807) is 6.20 Å². The highest BCUT2D eigenvalue weighted by molar-refractivity contribution is 5.70. The number of carbonyl (C=O) groups excluding carboxylic acids is 1. The molecule has 4 heteroatoms. The van der Waals surface area contributed by atoms with Crippen molar-refractivity contribution in [2.45, 2.75) is 25.3 Å². The van der Waals surface area contributed by atoms with Crippen molar-refractivity contribution < 1.29 is 14.0 Å². The zero-order valence-corrected chi connectivity index (χ0v) is 11.1. The second-order valence-corrected chi connectivity index (χ2v) is 5.24. The molecule has 0 spiro atoms. The molecule has 0 bridgehead atoms. The molecule has 1 aromatic rings. The Labute approximate surface area is 108 Å². The third kappa shape index (κ3) is 2.70. The zero-order valence-electron chi connectivity index (χ0n) is 11.1. The molecular formula is C14H21N2O2+. The van der Waals surface area contributed by atoms with E-state index in [-0.39, 0.29) is 5.97 Å². The normalized spacial score (nSPS) is 27.8. The lowest BCUT2D eigenvalue weighted by Gasteiger charge is -2.44. The molecule has 2 rings (SSSR count). The van der Waals surface area contributed by atoms with Gasteiger partial charge in [-0.1, -0.05) is 6.07 Å². The Hall–Kier alpha value is -1.42. The van der Waals surface area contributed by atoms with Gasteiger partial charge in [0, 0.05) is 24.4 Å². The molecule has 0 amide bonds. The number of piperidine rings is 1. The number of methoxy groups -OCH3 is 1. The second kappa shape index (κ2) is 5.48. The average Bonchev–Trinajstić information content (AvgIpc) is 2.39. The molecule has 2 atom stereocenters. The number of quaternary nitrogens is 1. The van der Waals surface area contributed by atoms with Gasteiger partial charge in [0.05, 0.1) is 20.7 Å². The summed E-state index contributed by atoms with van der Waals surface area (Å²) in [5, 5.41) is 0. The van der Waals surface area contributed by atoms with Crippen LogP contribution in [0.15, 0.2) is 24.5 Å². The van der Waals surface area contributed by atoms with Crippen LogP contribution in [0.5, 0.6) is 0 Å². The second-order valence-electron chi connectivity index (χ2n) is 5.24. The summed E-state index contributed by atoms with van der Waals surface area (Å²) in [5.74, 6) is -0.131. The van der Waals surface area contributed by atoms with Gasteiger partial charge in [-0.15, -0.1) is 0 Å². The van der Waals surface area contributed by atoms with Gasteiger partial charge in [0.2, 0.25) is 0 Å². The average molecular weight is 249 g/mol. The first kappa shape index (κ1) is 13.0. The van der Waals surface area contributed by atoms with Crippen LogP contribution in [0.25, 0.3) is 0 Å². The van der Waals surface area contributed by atoms with E-state index in [0.29, 0.717) is 12.6 Å². The fourth-order valence-corrected chi connectivity index (χ4v) is 2.93. The lowest BCUT2D eigenvalue weighted by Crippen LogP contribution is -2.53. The minimum Gasteiger partial charge on any atom is -0.465 e. The molecule has 0 aliphatic carbocycles. The summed E-state index contributed by atoms with van der Waals surface area (Å²) in [5.41, 5.74) is 1.23. The van der Waals surface area contributed by atoms with Gasteiger partial charge >= 0.3 is 5.97 Å². The summed E-state index contributed by atoms with van der Waals surface area (Å²) >= 11 is 0. The molecule has 4 nitrogen and oxygen atoms in total. The van der Waals surface area contributed by atoms with Crippen molar-refractivity contribution in [3.63, 3.8) is 0 Å². The van der Waals surface area contributed by atoms with Crippen molar-refractivity contribution in [1.29, 1.82) is 0 Å². The number of nitrogens with zero attached hydrogens (tertiary/aromatic N) is 2. The fraction of sp³-hybridized carbons (Fsp3) is 0.571. The molecule has 18 heavy (non-hydrogen) atoms. The van der Waals surface area contributed by atoms with E-state index in [4.69, 9.17) is 4.74 Å². The molecule has 0 saturated carbocycles. The maximum absolute atomic E-state index is 11.6. The smallest absolute Gasteiger partial charge is 0.361 e. The van der Waals surface area contributed by atoms with Crippen LogP contribution < -0.4 is 0 Å². The van der Waals surface area contributed by atoms with E-state index in [2.05, 4.69) is 18.1 Å². The number of aromatic nitrogens is 1. The number of likely N-dealkylation sites (N-methyl/N-ethyl adjacent to an activating group) is 1. The van der Waals surface area contributed by atoms with E-state index in [1.807, 2.05) is 12.3 Å². The first-order valence-electron chi connectivity index (χ1n) is 6.47. The van der Waals surface area contributed by atoms with Crippen LogP contribution in [0.2, 0.25) is 0 Å². The number of rotatable bonds is 3. The number of hydrogen-bond donors (Lipinski definition) is 0. The van der Waals surface area contributed by atoms with E-state index in [9.17, 15) is 4.79 Å². The van der Waals surface area contributed by atoms with Crippen molar-refractivity contribution >= 4 is 5.97 Å². The van der Waals surface area contributed by atoms with E-state index in [1.165, 1.54) is 25.5 Å². The first-order chi connectivity index (χ1) is 8.65. The van der Waals surface area contributed by atoms with Crippen LogP contribution in [-0.4, -0.2) is 42.7 Å². The lowest BCUT2D eigenvalue weighted by atomic mass is 9.94. The number of carbonyl (C=O) groups is 1. The van der Waals surface area contributed by atoms with Crippen molar-refractivity contribution in [2.24, 2.45) is 0 Å². The Kier molecular flexibility index (Phi) is 3.97. The highest BCUT2D eigenvalue weighted by Crippen LogP contribution is 2.35. The summed E-state index contributed by atoms with van der Waals surface area (Å²) in [6, 6.07) is 4.43. The summed E-state index contributed by atoms with van der Waals surface area (Å²) in [4.78, 5) is 15.8. The fourth-order valence-electron chi connectivity index (χ4n) is 2.93. The summed E-state index contributed by atoms with van der Waals surface area (Å²) in [6.45, 7) is 1.46. The molecule has 0 radical (unpaired) electrons. The number of pyridine rings is 1. The van der Waals surface area contributed by atoms with Gasteiger partial charge in [0.25, 0.3) is 0 Å². The summed E-state index contributed by atoms with van der Waals surface area (Å²) in [6.07, 6.45) is 7.21. The SMILES string of the molecule is COC(=O)C[N@+]1(C)CCCC[C@H]1c1cccnc1. The molecule has 1 aliphatic heterocycles. The van der Waals surface area contributed by atoms with Gasteiger partial charge in [0.1, 0.15) is 6.04 Å². The van der Waals surface area contributed by atoms with Crippen LogP contribution in [0, 0.1) is 0 Å². The van der Waals surface area contributed by atoms with E-state index >= 15 is 0 Å². The molecule has 1 aromatic heterocycles. The van der Waals surface area contributed by atoms with Gasteiger partial charge in [-0.2, -0.15) is 0 Å². The summed E-state index contributed by atoms with van der Waals surface area (Å²) in [7, 11) is 3.60. The summed E-state index contributed by atoms with van der Waals surface area (Å²) < 4.78 is 5.57. The zero-order chi connectivity index (χ0) is 13.0. The quantitative estimate of drug-likeness (QED) is 0.607. The third-order valence-electron chi connectivity index (χ3n) is 3.94. The van der Waals surface area contributed by atoms with Gasteiger partial charge in [-0.05, 0) is 18.9 Å². The topological polar surface area (TPSA) is 39.2 Å². The Morgan fingerprint density at radius 1 is 1.56 bits per heavy atom. The van der Waals surface area contributed by atoms with Gasteiger partial charge < -0.3 is 9.22 Å². The number of hydrogen-bond acceptors (Lipinski definition) is 3. The number of esters is 1. The molecule has 2 heterocycles. The molecule has 1 saturated heterocycles. The first-order valence-corrected chi connectivity index (χ1v) is 6.47. The Morgan fingerprint density at radius 2 is 2.39 bits per heavy atom. The van der Waals surface area contributed by atoms with E-state index in [0.717, 1.165) is 17.4 Å². The Morgan fingerprint density at radius 3 is 3.06 bits per heavy atom. The predicted octanol–water partition coefficient (Wildman–Crippen LogP) is 1.93. The Bertz CT molecular complexity index is 408. The van der Waals surface area contributed by atoms with Crippen molar-refractivity contribution in [1.82, 2.24) is 4.98 Å². The Balaban J connectivity index is 2.22. The molecule has 98 valence electrons. The maximum Gasteiger partial charge on any atom is 0.361 e. The third-order valence-corrected chi connectivity index (χ3v) is 3.94. The van der Waals surface area contributed by atoms with Crippen molar-refractivity contribution in [3.8, 4) is 0 Å². The molecule has 0 unspecified atom stereocenters. The molecule has 0 aromatic carbocycles. The van der Waals surface area contributed by atoms with Crippen LogP contribution in [0.1, 0.15) is 30.9 Å². The largest absolute Gasteiger partial charge is 0.465 e. The van der Waals surface area contributed by atoms with E-state index < -0.39 is 0 Å². The van der Waals surface area contributed by atoms with Gasteiger partial charge in [-0.3, -0.25) is 4.98 Å². The van der Waals surface area contributed by atoms with Crippen LogP contribution in [-0.2, 0) is 9.53 Å². The molecule has 0 N–H and O–H groups in total. The van der Waals surface area contributed by atoms with Crippen molar-refractivity contribution in [2.75, 3.05) is 27.2 Å². The highest BCUT2D eigenvalue weighted by Gasteiger charge is 2.38. The van der Waals surface area contributed by atoms with Crippen LogP contribution >= 0.6 is 0 Å². The minimum atomic E-state index is -0.131. The maximum atomic E-state index is 11.6. The monoisotopic (exact) mass is 249 g/mol. The van der Waals surface area contributed by atoms with Crippen LogP contribution in [0.3, 0.4) is 0 Å². The standard InChI is InChI=1S/C14H21N2O2/c1-16(11-14(17)18-2)9-4-3-7-13(16)12-6-5-8-15-10-12/h5-6,8,10,13H,3-4,7,9,11H2,1-2H3/q+1/t13-,16-/m0/s1. The van der Waals surface area contributed by atoms with Crippen LogP contribution in [0.4, 0.5) is 0 Å². The lowest BCUT2D eigenvalue weighted by molar-refractivity contribution is -0.937. The van der Waals surface area contributed by atoms with Crippen molar-refractivity contribution in [3.05, 3.63) is 30.1 Å². The molecule has 1 aliphatic rings. The number of ether oxygens (including phenoxy) is 1. The van der Waals surface area contributed by atoms with Gasteiger partial charge in [-0.25, -0.2) is 4.79 Å². The minimum absolute atomic E-state index is 0.131.